The molecule has 1 aliphatic heterocycles. The summed E-state index contributed by atoms with van der Waals surface area (Å²) in [6.07, 6.45) is 0.474. The summed E-state index contributed by atoms with van der Waals surface area (Å²) in [4.78, 5) is 12.2. The van der Waals surface area contributed by atoms with E-state index in [1.165, 1.54) is 5.56 Å². The molecule has 0 aromatic heterocycles. The standard InChI is InChI=1S/C14H20N2O3/c1-18-13(19-2)9-16-14(17)12-5-3-4-10-8-15-7-6-11(10)12/h3-5,13,15H,6-9H2,1-2H3,(H,16,17). The van der Waals surface area contributed by atoms with Gasteiger partial charge in [-0.2, -0.15) is 0 Å². The minimum atomic E-state index is -0.412. The fourth-order valence-electron chi connectivity index (χ4n) is 2.28. The normalized spacial score (nSPS) is 14.3. The number of nitrogens with one attached hydrogen (secondary N) is 2. The lowest BCUT2D eigenvalue weighted by Gasteiger charge is -2.20. The lowest BCUT2D eigenvalue weighted by molar-refractivity contribution is -0.0974. The topological polar surface area (TPSA) is 59.6 Å². The monoisotopic (exact) mass is 264 g/mol. The molecule has 1 aromatic rings. The van der Waals surface area contributed by atoms with Gasteiger partial charge in [-0.3, -0.25) is 4.79 Å². The molecule has 0 spiro atoms. The Morgan fingerprint density at radius 3 is 2.95 bits per heavy atom. The first-order valence-corrected chi connectivity index (χ1v) is 6.41. The van der Waals surface area contributed by atoms with Crippen LogP contribution in [0.5, 0.6) is 0 Å². The van der Waals surface area contributed by atoms with E-state index in [0.717, 1.165) is 30.6 Å². The van der Waals surface area contributed by atoms with Crippen LogP contribution in [0.4, 0.5) is 0 Å². The van der Waals surface area contributed by atoms with E-state index in [1.807, 2.05) is 12.1 Å². The van der Waals surface area contributed by atoms with Crippen molar-refractivity contribution in [1.29, 1.82) is 0 Å². The van der Waals surface area contributed by atoms with Gasteiger partial charge < -0.3 is 20.1 Å². The molecule has 0 saturated heterocycles. The van der Waals surface area contributed by atoms with Crippen LogP contribution in [0.3, 0.4) is 0 Å². The van der Waals surface area contributed by atoms with Crippen LogP contribution in [-0.2, 0) is 22.4 Å². The van der Waals surface area contributed by atoms with Gasteiger partial charge in [0.25, 0.3) is 5.91 Å². The maximum Gasteiger partial charge on any atom is 0.251 e. The molecule has 5 heteroatoms. The molecule has 1 aromatic carbocycles. The maximum atomic E-state index is 12.2. The molecule has 0 radical (unpaired) electrons. The highest BCUT2D eigenvalue weighted by molar-refractivity contribution is 5.96. The van der Waals surface area contributed by atoms with Gasteiger partial charge in [0.05, 0.1) is 6.54 Å². The zero-order valence-electron chi connectivity index (χ0n) is 11.4. The summed E-state index contributed by atoms with van der Waals surface area (Å²) in [7, 11) is 3.10. The van der Waals surface area contributed by atoms with Crippen molar-refractivity contribution >= 4 is 5.91 Å². The van der Waals surface area contributed by atoms with E-state index in [9.17, 15) is 4.79 Å². The predicted octanol–water partition coefficient (Wildman–Crippen LogP) is 0.681. The minimum Gasteiger partial charge on any atom is -0.354 e. The molecular weight excluding hydrogens is 244 g/mol. The Labute approximate surface area is 113 Å². The van der Waals surface area contributed by atoms with Crippen molar-refractivity contribution in [3.63, 3.8) is 0 Å². The van der Waals surface area contributed by atoms with Crippen LogP contribution < -0.4 is 10.6 Å². The third kappa shape index (κ3) is 3.32. The van der Waals surface area contributed by atoms with Crippen molar-refractivity contribution < 1.29 is 14.3 Å². The van der Waals surface area contributed by atoms with Gasteiger partial charge in [-0.15, -0.1) is 0 Å². The summed E-state index contributed by atoms with van der Waals surface area (Å²) in [6, 6.07) is 5.85. The highest BCUT2D eigenvalue weighted by Gasteiger charge is 2.17. The van der Waals surface area contributed by atoms with E-state index in [4.69, 9.17) is 9.47 Å². The molecule has 1 amide bonds. The predicted molar refractivity (Wildman–Crippen MR) is 72.0 cm³/mol. The van der Waals surface area contributed by atoms with Crippen molar-refractivity contribution in [3.05, 3.63) is 34.9 Å². The zero-order chi connectivity index (χ0) is 13.7. The smallest absolute Gasteiger partial charge is 0.251 e. The molecule has 0 saturated carbocycles. The lowest BCUT2D eigenvalue weighted by atomic mass is 9.95. The highest BCUT2D eigenvalue weighted by Crippen LogP contribution is 2.18. The maximum absolute atomic E-state index is 12.2. The van der Waals surface area contributed by atoms with Gasteiger partial charge in [-0.05, 0) is 30.2 Å². The van der Waals surface area contributed by atoms with Crippen LogP contribution in [0.1, 0.15) is 21.5 Å². The van der Waals surface area contributed by atoms with Gasteiger partial charge in [0.2, 0.25) is 0 Å². The summed E-state index contributed by atoms with van der Waals surface area (Å²) < 4.78 is 10.1. The Balaban J connectivity index is 2.07. The van der Waals surface area contributed by atoms with Crippen LogP contribution in [0.15, 0.2) is 18.2 Å². The molecule has 0 atom stereocenters. The largest absolute Gasteiger partial charge is 0.354 e. The van der Waals surface area contributed by atoms with Crippen molar-refractivity contribution in [2.24, 2.45) is 0 Å². The summed E-state index contributed by atoms with van der Waals surface area (Å²) in [6.45, 7) is 2.08. The number of amides is 1. The van der Waals surface area contributed by atoms with E-state index in [1.54, 1.807) is 14.2 Å². The molecule has 1 aliphatic rings. The van der Waals surface area contributed by atoms with Crippen LogP contribution in [0.25, 0.3) is 0 Å². The Morgan fingerprint density at radius 1 is 1.42 bits per heavy atom. The average molecular weight is 264 g/mol. The molecule has 0 aliphatic carbocycles. The van der Waals surface area contributed by atoms with Crippen LogP contribution in [0, 0.1) is 0 Å². The van der Waals surface area contributed by atoms with Crippen molar-refractivity contribution in [1.82, 2.24) is 10.6 Å². The van der Waals surface area contributed by atoms with Crippen molar-refractivity contribution in [3.8, 4) is 0 Å². The highest BCUT2D eigenvalue weighted by atomic mass is 16.7. The third-order valence-electron chi connectivity index (χ3n) is 3.34. The summed E-state index contributed by atoms with van der Waals surface area (Å²) in [5, 5.41) is 6.15. The van der Waals surface area contributed by atoms with E-state index in [0.29, 0.717) is 6.54 Å². The number of carbonyl (C=O) groups is 1. The number of hydrogen-bond donors (Lipinski definition) is 2. The molecule has 0 unspecified atom stereocenters. The number of ether oxygens (including phenoxy) is 2. The van der Waals surface area contributed by atoms with Crippen LogP contribution in [0.2, 0.25) is 0 Å². The van der Waals surface area contributed by atoms with Gasteiger partial charge in [0, 0.05) is 26.3 Å². The number of fused-ring (bicyclic) bond motifs is 1. The Hall–Kier alpha value is -1.43. The quantitative estimate of drug-likeness (QED) is 0.768. The van der Waals surface area contributed by atoms with Crippen molar-refractivity contribution in [2.75, 3.05) is 27.3 Å². The SMILES string of the molecule is COC(CNC(=O)c1cccc2c1CCNC2)OC. The second-order valence-corrected chi connectivity index (χ2v) is 4.48. The first-order valence-electron chi connectivity index (χ1n) is 6.41. The number of benzene rings is 1. The number of hydrogen-bond acceptors (Lipinski definition) is 4. The van der Waals surface area contributed by atoms with Gasteiger partial charge in [-0.25, -0.2) is 0 Å². The second kappa shape index (κ2) is 6.65. The first-order chi connectivity index (χ1) is 9.26. The molecule has 2 rings (SSSR count). The Morgan fingerprint density at radius 2 is 2.21 bits per heavy atom. The fraction of sp³-hybridized carbons (Fsp3) is 0.500. The van der Waals surface area contributed by atoms with Gasteiger partial charge in [0.1, 0.15) is 0 Å². The third-order valence-corrected chi connectivity index (χ3v) is 3.34. The molecule has 19 heavy (non-hydrogen) atoms. The molecule has 1 heterocycles. The Kier molecular flexibility index (Phi) is 4.90. The molecule has 104 valence electrons. The molecule has 2 N–H and O–H groups in total. The van der Waals surface area contributed by atoms with Gasteiger partial charge in [-0.1, -0.05) is 12.1 Å². The van der Waals surface area contributed by atoms with Gasteiger partial charge in [0.15, 0.2) is 6.29 Å². The molecule has 0 bridgehead atoms. The van der Waals surface area contributed by atoms with Crippen LogP contribution >= 0.6 is 0 Å². The number of rotatable bonds is 5. The zero-order valence-corrected chi connectivity index (χ0v) is 11.4. The molecule has 5 nitrogen and oxygen atoms in total. The molecular formula is C14H20N2O3. The molecule has 0 fully saturated rings. The Bertz CT molecular complexity index is 444. The van der Waals surface area contributed by atoms with Gasteiger partial charge >= 0.3 is 0 Å². The summed E-state index contributed by atoms with van der Waals surface area (Å²) >= 11 is 0. The number of carbonyl (C=O) groups excluding carboxylic acids is 1. The minimum absolute atomic E-state index is 0.0714. The van der Waals surface area contributed by atoms with Crippen molar-refractivity contribution in [2.45, 2.75) is 19.3 Å². The van der Waals surface area contributed by atoms with E-state index >= 15 is 0 Å². The van der Waals surface area contributed by atoms with E-state index in [-0.39, 0.29) is 5.91 Å². The fourth-order valence-corrected chi connectivity index (χ4v) is 2.28. The van der Waals surface area contributed by atoms with Crippen LogP contribution in [-0.4, -0.2) is 39.5 Å². The van der Waals surface area contributed by atoms with E-state index < -0.39 is 6.29 Å². The second-order valence-electron chi connectivity index (χ2n) is 4.48. The summed E-state index contributed by atoms with van der Waals surface area (Å²) in [5.41, 5.74) is 3.10. The summed E-state index contributed by atoms with van der Waals surface area (Å²) in [5.74, 6) is -0.0714. The first kappa shape index (κ1) is 14.0. The number of methoxy groups -OCH3 is 2. The average Bonchev–Trinajstić information content (AvgIpc) is 2.47. The lowest BCUT2D eigenvalue weighted by Crippen LogP contribution is -2.35. The van der Waals surface area contributed by atoms with E-state index in [2.05, 4.69) is 16.7 Å².